The van der Waals surface area contributed by atoms with Crippen LogP contribution in [0.1, 0.15) is 37.5 Å². The highest BCUT2D eigenvalue weighted by molar-refractivity contribution is 5.96. The minimum atomic E-state index is -0.435. The average Bonchev–Trinajstić information content (AvgIpc) is 2.47. The van der Waals surface area contributed by atoms with E-state index in [4.69, 9.17) is 0 Å². The maximum atomic E-state index is 12.2. The SMILES string of the molecule is Cc1ccc(CN(C)C(C)C(=O)NC(=O)NCC(C)C)c(C)c1. The van der Waals surface area contributed by atoms with Crippen molar-refractivity contribution in [3.8, 4) is 0 Å². The molecule has 1 aromatic carbocycles. The van der Waals surface area contributed by atoms with E-state index >= 15 is 0 Å². The van der Waals surface area contributed by atoms with Crippen LogP contribution in [-0.2, 0) is 11.3 Å². The van der Waals surface area contributed by atoms with Gasteiger partial charge in [-0.1, -0.05) is 37.6 Å². The largest absolute Gasteiger partial charge is 0.338 e. The molecule has 3 amide bonds. The van der Waals surface area contributed by atoms with Crippen LogP contribution in [0.15, 0.2) is 18.2 Å². The third-order valence-electron chi connectivity index (χ3n) is 3.87. The Labute approximate surface area is 139 Å². The zero-order valence-corrected chi connectivity index (χ0v) is 15.1. The van der Waals surface area contributed by atoms with Crippen LogP contribution in [0, 0.1) is 19.8 Å². The lowest BCUT2D eigenvalue weighted by Gasteiger charge is -2.24. The smallest absolute Gasteiger partial charge is 0.321 e. The number of nitrogens with one attached hydrogen (secondary N) is 2. The van der Waals surface area contributed by atoms with Gasteiger partial charge in [0, 0.05) is 13.1 Å². The van der Waals surface area contributed by atoms with Crippen LogP contribution in [-0.4, -0.2) is 36.5 Å². The molecule has 0 bridgehead atoms. The van der Waals surface area contributed by atoms with Gasteiger partial charge in [0.25, 0.3) is 0 Å². The molecule has 0 aliphatic heterocycles. The summed E-state index contributed by atoms with van der Waals surface area (Å²) in [6.07, 6.45) is 0. The van der Waals surface area contributed by atoms with Crippen LogP contribution >= 0.6 is 0 Å². The number of benzene rings is 1. The van der Waals surface area contributed by atoms with Gasteiger partial charge in [0.2, 0.25) is 5.91 Å². The first-order valence-corrected chi connectivity index (χ1v) is 8.05. The summed E-state index contributed by atoms with van der Waals surface area (Å²) in [5.41, 5.74) is 3.61. The first kappa shape index (κ1) is 19.2. The molecule has 0 spiro atoms. The summed E-state index contributed by atoms with van der Waals surface area (Å²) in [5.74, 6) is 0.0546. The van der Waals surface area contributed by atoms with Gasteiger partial charge in [0.1, 0.15) is 0 Å². The Morgan fingerprint density at radius 3 is 2.39 bits per heavy atom. The molecule has 1 atom stereocenters. The number of likely N-dealkylation sites (N-methyl/N-ethyl adjacent to an activating group) is 1. The predicted octanol–water partition coefficient (Wildman–Crippen LogP) is 2.61. The highest BCUT2D eigenvalue weighted by atomic mass is 16.2. The molecule has 1 rings (SSSR count). The molecule has 2 N–H and O–H groups in total. The molecule has 0 saturated heterocycles. The topological polar surface area (TPSA) is 61.4 Å². The van der Waals surface area contributed by atoms with Crippen molar-refractivity contribution in [2.24, 2.45) is 5.92 Å². The Morgan fingerprint density at radius 2 is 1.83 bits per heavy atom. The molecule has 5 heteroatoms. The molecule has 1 aromatic rings. The van der Waals surface area contributed by atoms with Crippen LogP contribution in [0.2, 0.25) is 0 Å². The minimum absolute atomic E-state index is 0.293. The monoisotopic (exact) mass is 319 g/mol. The quantitative estimate of drug-likeness (QED) is 0.847. The number of imide groups is 1. The Balaban J connectivity index is 2.56. The molecular weight excluding hydrogens is 290 g/mol. The average molecular weight is 319 g/mol. The molecule has 0 aliphatic rings. The lowest BCUT2D eigenvalue weighted by molar-refractivity contribution is -0.124. The van der Waals surface area contributed by atoms with Crippen molar-refractivity contribution in [3.63, 3.8) is 0 Å². The van der Waals surface area contributed by atoms with Gasteiger partial charge in [-0.25, -0.2) is 4.79 Å². The molecule has 0 aliphatic carbocycles. The summed E-state index contributed by atoms with van der Waals surface area (Å²) in [4.78, 5) is 25.8. The second-order valence-corrected chi connectivity index (χ2v) is 6.61. The van der Waals surface area contributed by atoms with Gasteiger partial charge in [-0.05, 0) is 44.9 Å². The molecule has 0 heterocycles. The molecular formula is C18H29N3O2. The number of urea groups is 1. The van der Waals surface area contributed by atoms with E-state index < -0.39 is 6.03 Å². The fourth-order valence-corrected chi connectivity index (χ4v) is 2.19. The van der Waals surface area contributed by atoms with Crippen LogP contribution in [0.4, 0.5) is 4.79 Å². The van der Waals surface area contributed by atoms with Crippen LogP contribution in [0.5, 0.6) is 0 Å². The van der Waals surface area contributed by atoms with Crippen molar-refractivity contribution in [1.29, 1.82) is 0 Å². The number of carbonyl (C=O) groups is 2. The number of hydrogen-bond acceptors (Lipinski definition) is 3. The van der Waals surface area contributed by atoms with Gasteiger partial charge >= 0.3 is 6.03 Å². The third kappa shape index (κ3) is 6.40. The minimum Gasteiger partial charge on any atom is -0.338 e. The maximum absolute atomic E-state index is 12.2. The number of rotatable bonds is 6. The standard InChI is InChI=1S/C18H29N3O2/c1-12(2)10-19-18(23)20-17(22)15(5)21(6)11-16-8-7-13(3)9-14(16)4/h7-9,12,15H,10-11H2,1-6H3,(H2,19,20,22,23). The maximum Gasteiger partial charge on any atom is 0.321 e. The Kier molecular flexibility index (Phi) is 7.23. The van der Waals surface area contributed by atoms with Crippen molar-refractivity contribution in [3.05, 3.63) is 34.9 Å². The molecule has 0 saturated carbocycles. The van der Waals surface area contributed by atoms with Gasteiger partial charge in [0.15, 0.2) is 0 Å². The summed E-state index contributed by atoms with van der Waals surface area (Å²) < 4.78 is 0. The predicted molar refractivity (Wildman–Crippen MR) is 93.2 cm³/mol. The van der Waals surface area contributed by atoms with Crippen molar-refractivity contribution >= 4 is 11.9 Å². The summed E-state index contributed by atoms with van der Waals surface area (Å²) in [7, 11) is 1.88. The van der Waals surface area contributed by atoms with Gasteiger partial charge in [-0.15, -0.1) is 0 Å². The third-order valence-corrected chi connectivity index (χ3v) is 3.87. The zero-order chi connectivity index (χ0) is 17.6. The Morgan fingerprint density at radius 1 is 1.17 bits per heavy atom. The van der Waals surface area contributed by atoms with E-state index in [0.29, 0.717) is 19.0 Å². The zero-order valence-electron chi connectivity index (χ0n) is 15.1. The normalized spacial score (nSPS) is 12.3. The summed E-state index contributed by atoms with van der Waals surface area (Å²) in [5, 5.41) is 5.08. The summed E-state index contributed by atoms with van der Waals surface area (Å²) in [6.45, 7) is 11.1. The second kappa shape index (κ2) is 8.67. The molecule has 1 unspecified atom stereocenters. The van der Waals surface area contributed by atoms with E-state index in [-0.39, 0.29) is 11.9 Å². The summed E-state index contributed by atoms with van der Waals surface area (Å²) in [6, 6.07) is 5.46. The van der Waals surface area contributed by atoms with Crippen molar-refractivity contribution in [1.82, 2.24) is 15.5 Å². The van der Waals surface area contributed by atoms with E-state index in [9.17, 15) is 9.59 Å². The molecule has 5 nitrogen and oxygen atoms in total. The van der Waals surface area contributed by atoms with Crippen LogP contribution in [0.25, 0.3) is 0 Å². The number of nitrogens with zero attached hydrogens (tertiary/aromatic N) is 1. The first-order chi connectivity index (χ1) is 10.7. The number of aryl methyl sites for hydroxylation is 2. The fraction of sp³-hybridized carbons (Fsp3) is 0.556. The Hall–Kier alpha value is -1.88. The van der Waals surface area contributed by atoms with Crippen molar-refractivity contribution in [2.45, 2.75) is 47.2 Å². The van der Waals surface area contributed by atoms with Gasteiger partial charge in [-0.3, -0.25) is 15.0 Å². The highest BCUT2D eigenvalue weighted by Crippen LogP contribution is 2.13. The lowest BCUT2D eigenvalue weighted by Crippen LogP contribution is -2.48. The molecule has 23 heavy (non-hydrogen) atoms. The number of carbonyl (C=O) groups excluding carboxylic acids is 2. The van der Waals surface area contributed by atoms with E-state index in [0.717, 1.165) is 0 Å². The van der Waals surface area contributed by atoms with E-state index in [1.165, 1.54) is 16.7 Å². The first-order valence-electron chi connectivity index (χ1n) is 8.05. The number of amides is 3. The van der Waals surface area contributed by atoms with E-state index in [1.54, 1.807) is 6.92 Å². The van der Waals surface area contributed by atoms with Gasteiger partial charge in [0.05, 0.1) is 6.04 Å². The number of hydrogen-bond donors (Lipinski definition) is 2. The summed E-state index contributed by atoms with van der Waals surface area (Å²) >= 11 is 0. The van der Waals surface area contributed by atoms with Gasteiger partial charge in [-0.2, -0.15) is 0 Å². The molecule has 0 fully saturated rings. The van der Waals surface area contributed by atoms with Crippen molar-refractivity contribution in [2.75, 3.05) is 13.6 Å². The second-order valence-electron chi connectivity index (χ2n) is 6.61. The molecule has 0 aromatic heterocycles. The molecule has 128 valence electrons. The Bertz CT molecular complexity index is 555. The van der Waals surface area contributed by atoms with Crippen LogP contribution < -0.4 is 10.6 Å². The van der Waals surface area contributed by atoms with Crippen LogP contribution in [0.3, 0.4) is 0 Å². The van der Waals surface area contributed by atoms with Gasteiger partial charge < -0.3 is 5.32 Å². The molecule has 0 radical (unpaired) electrons. The fourth-order valence-electron chi connectivity index (χ4n) is 2.19. The van der Waals surface area contributed by atoms with E-state index in [2.05, 4.69) is 42.7 Å². The lowest BCUT2D eigenvalue weighted by atomic mass is 10.0. The van der Waals surface area contributed by atoms with Crippen molar-refractivity contribution < 1.29 is 9.59 Å². The van der Waals surface area contributed by atoms with E-state index in [1.807, 2.05) is 25.8 Å². The highest BCUT2D eigenvalue weighted by Gasteiger charge is 2.20.